The van der Waals surface area contributed by atoms with Gasteiger partial charge in [-0.1, -0.05) is 0 Å². The van der Waals surface area contributed by atoms with E-state index in [9.17, 15) is 34.9 Å². The normalized spacial score (nSPS) is 12.9. The Morgan fingerprint density at radius 1 is 1.14 bits per heavy atom. The van der Waals surface area contributed by atoms with Crippen LogP contribution in [0.3, 0.4) is 0 Å². The molecule has 0 bridgehead atoms. The molecule has 0 spiro atoms. The van der Waals surface area contributed by atoms with Gasteiger partial charge in [0, 0.05) is 7.11 Å². The van der Waals surface area contributed by atoms with E-state index >= 15 is 0 Å². The Bertz CT molecular complexity index is 412. The van der Waals surface area contributed by atoms with Crippen LogP contribution in [-0.4, -0.2) is 37.3 Å². The second kappa shape index (κ2) is 7.10. The summed E-state index contributed by atoms with van der Waals surface area (Å²) in [5, 5.41) is 0. The van der Waals surface area contributed by atoms with Crippen molar-refractivity contribution in [2.45, 2.75) is 18.5 Å². The van der Waals surface area contributed by atoms with Crippen LogP contribution in [0.5, 0.6) is 0 Å². The van der Waals surface area contributed by atoms with E-state index < -0.39 is 19.0 Å². The first kappa shape index (κ1) is 19.7. The summed E-state index contributed by atoms with van der Waals surface area (Å²) < 4.78 is 96.8. The molecule has 0 aromatic carbocycles. The molecule has 1 heterocycles. The van der Waals surface area contributed by atoms with E-state index in [4.69, 9.17) is 4.74 Å². The molecular formula is C9H13BF8N2O. The maximum atomic E-state index is 11.2. The summed E-state index contributed by atoms with van der Waals surface area (Å²) >= 11 is 0. The topological polar surface area (TPSA) is 18.0 Å². The van der Waals surface area contributed by atoms with Crippen molar-refractivity contribution in [2.24, 2.45) is 7.05 Å². The Labute approximate surface area is 115 Å². The Balaban J connectivity index is 0.000000382. The van der Waals surface area contributed by atoms with Crippen molar-refractivity contribution < 1.29 is 44.2 Å². The van der Waals surface area contributed by atoms with E-state index in [1.54, 1.807) is 7.11 Å². The zero-order valence-electron chi connectivity index (χ0n) is 11.1. The van der Waals surface area contributed by atoms with E-state index in [2.05, 4.69) is 4.57 Å². The Hall–Kier alpha value is -1.33. The molecule has 3 nitrogen and oxygen atoms in total. The van der Waals surface area contributed by atoms with Crippen LogP contribution in [0, 0.1) is 0 Å². The molecule has 0 aliphatic rings. The smallest absolute Gasteiger partial charge is 0.445 e. The highest BCUT2D eigenvalue weighted by Crippen LogP contribution is 2.43. The summed E-state index contributed by atoms with van der Waals surface area (Å²) in [5.74, 6) is -6.56. The minimum atomic E-state index is -7.21. The molecule has 0 saturated heterocycles. The zero-order valence-corrected chi connectivity index (χ0v) is 11.1. The standard InChI is InChI=1S/C7H13N2O.C2BF8/c1-8-3-4-9(7-8)5-6-10-2;4-1(5,2(6,7)8)3(9,10)11/h3-4,7H,5-6H2,1-2H3;/q+1;-1. The quantitative estimate of drug-likeness (QED) is 0.472. The molecule has 0 unspecified atom stereocenters. The fourth-order valence-corrected chi connectivity index (χ4v) is 1.02. The maximum absolute atomic E-state index is 11.2. The summed E-state index contributed by atoms with van der Waals surface area (Å²) in [6.07, 6.45) is -0.487. The molecule has 1 aromatic rings. The Kier molecular flexibility index (Phi) is 6.65. The van der Waals surface area contributed by atoms with Gasteiger partial charge in [-0.05, 0) is 0 Å². The van der Waals surface area contributed by atoms with Crippen LogP contribution < -0.4 is 4.57 Å². The van der Waals surface area contributed by atoms with Gasteiger partial charge in [0.15, 0.2) is 0 Å². The molecule has 124 valence electrons. The number of nitrogens with zero attached hydrogens (tertiary/aromatic N) is 2. The van der Waals surface area contributed by atoms with Gasteiger partial charge in [-0.2, -0.15) is 13.2 Å². The lowest BCUT2D eigenvalue weighted by Crippen LogP contribution is -2.53. The van der Waals surface area contributed by atoms with E-state index in [0.29, 0.717) is 0 Å². The zero-order chi connectivity index (χ0) is 16.9. The number of rotatable bonds is 4. The molecule has 0 amide bonds. The molecule has 1 rings (SSSR count). The number of hydrogen-bond donors (Lipinski definition) is 0. The largest absolute Gasteiger partial charge is 0.558 e. The lowest BCUT2D eigenvalue weighted by molar-refractivity contribution is -0.671. The van der Waals surface area contributed by atoms with Crippen LogP contribution in [0.2, 0.25) is 0 Å². The van der Waals surface area contributed by atoms with Crippen molar-refractivity contribution in [3.05, 3.63) is 18.7 Å². The number of hydrogen-bond acceptors (Lipinski definition) is 1. The number of aromatic nitrogens is 2. The van der Waals surface area contributed by atoms with Gasteiger partial charge in [-0.15, -0.1) is 0 Å². The minimum Gasteiger partial charge on any atom is -0.445 e. The highest BCUT2D eigenvalue weighted by Gasteiger charge is 2.69. The van der Waals surface area contributed by atoms with Gasteiger partial charge in [0.2, 0.25) is 6.33 Å². The van der Waals surface area contributed by atoms with Crippen molar-refractivity contribution >= 4 is 6.98 Å². The lowest BCUT2D eigenvalue weighted by Gasteiger charge is -2.28. The van der Waals surface area contributed by atoms with Gasteiger partial charge in [0.1, 0.15) is 18.9 Å². The fraction of sp³-hybridized carbons (Fsp3) is 0.667. The molecule has 0 N–H and O–H groups in total. The van der Waals surface area contributed by atoms with Crippen LogP contribution in [-0.2, 0) is 18.3 Å². The molecule has 0 radical (unpaired) electrons. The molecule has 1 aromatic heterocycles. The molecule has 0 aliphatic carbocycles. The minimum absolute atomic E-state index is 0.772. The van der Waals surface area contributed by atoms with Crippen LogP contribution in [0.4, 0.5) is 34.9 Å². The highest BCUT2D eigenvalue weighted by molar-refractivity contribution is 6.61. The van der Waals surface area contributed by atoms with Gasteiger partial charge in [0.25, 0.3) is 0 Å². The lowest BCUT2D eigenvalue weighted by atomic mass is 9.80. The van der Waals surface area contributed by atoms with Crippen LogP contribution >= 0.6 is 0 Å². The monoisotopic (exact) mass is 328 g/mol. The first-order valence-corrected chi connectivity index (χ1v) is 5.46. The average molecular weight is 328 g/mol. The summed E-state index contributed by atoms with van der Waals surface area (Å²) in [7, 11) is 3.72. The van der Waals surface area contributed by atoms with Gasteiger partial charge in [-0.3, -0.25) is 0 Å². The second-order valence-electron chi connectivity index (χ2n) is 4.01. The third-order valence-electron chi connectivity index (χ3n) is 2.17. The first-order chi connectivity index (χ1) is 9.33. The number of imidazole rings is 1. The average Bonchev–Trinajstić information content (AvgIpc) is 2.70. The van der Waals surface area contributed by atoms with Crippen LogP contribution in [0.1, 0.15) is 0 Å². The van der Waals surface area contributed by atoms with Crippen LogP contribution in [0.15, 0.2) is 18.7 Å². The molecule has 0 fully saturated rings. The maximum Gasteiger partial charge on any atom is 0.558 e. The van der Waals surface area contributed by atoms with Crippen LogP contribution in [0.25, 0.3) is 0 Å². The van der Waals surface area contributed by atoms with Crippen molar-refractivity contribution in [3.63, 3.8) is 0 Å². The number of ether oxygens (including phenoxy) is 1. The Morgan fingerprint density at radius 3 is 1.90 bits per heavy atom. The van der Waals surface area contributed by atoms with Gasteiger partial charge in [0.05, 0.1) is 13.7 Å². The molecular weight excluding hydrogens is 315 g/mol. The molecule has 0 saturated carbocycles. The predicted octanol–water partition coefficient (Wildman–Crippen LogP) is 2.53. The number of halogens is 8. The van der Waals surface area contributed by atoms with Gasteiger partial charge in [-0.25, -0.2) is 17.9 Å². The molecule has 21 heavy (non-hydrogen) atoms. The molecule has 0 atom stereocenters. The predicted molar refractivity (Wildman–Crippen MR) is 57.6 cm³/mol. The molecule has 0 aliphatic heterocycles. The number of aryl methyl sites for hydroxylation is 1. The highest BCUT2D eigenvalue weighted by atomic mass is 19.4. The van der Waals surface area contributed by atoms with Crippen molar-refractivity contribution in [2.75, 3.05) is 13.7 Å². The van der Waals surface area contributed by atoms with E-state index in [1.807, 2.05) is 30.3 Å². The van der Waals surface area contributed by atoms with Gasteiger partial charge >= 0.3 is 19.0 Å². The summed E-state index contributed by atoms with van der Waals surface area (Å²) in [6, 6.07) is 0. The Morgan fingerprint density at radius 2 is 1.67 bits per heavy atom. The van der Waals surface area contributed by atoms with Gasteiger partial charge < -0.3 is 17.7 Å². The summed E-state index contributed by atoms with van der Waals surface area (Å²) in [5.41, 5.74) is 0. The summed E-state index contributed by atoms with van der Waals surface area (Å²) in [4.78, 5) is 0. The fourth-order valence-electron chi connectivity index (χ4n) is 1.02. The van der Waals surface area contributed by atoms with E-state index in [1.165, 1.54) is 0 Å². The van der Waals surface area contributed by atoms with Crippen molar-refractivity contribution in [3.8, 4) is 0 Å². The van der Waals surface area contributed by atoms with Crippen molar-refractivity contribution in [1.82, 2.24) is 4.57 Å². The number of alkyl halides is 5. The van der Waals surface area contributed by atoms with E-state index in [-0.39, 0.29) is 0 Å². The SMILES string of the molecule is COCCn1cc[n+](C)c1.F[B-](F)(F)C(F)(F)C(F)(F)F. The van der Waals surface area contributed by atoms with E-state index in [0.717, 1.165) is 13.2 Å². The molecule has 12 heteroatoms. The number of methoxy groups -OCH3 is 1. The first-order valence-electron chi connectivity index (χ1n) is 5.46. The third kappa shape index (κ3) is 5.90. The second-order valence-corrected chi connectivity index (χ2v) is 4.01. The van der Waals surface area contributed by atoms with Crippen molar-refractivity contribution in [1.29, 1.82) is 0 Å². The third-order valence-corrected chi connectivity index (χ3v) is 2.17. The summed E-state index contributed by atoms with van der Waals surface area (Å²) in [6.45, 7) is -5.51.